The number of amides is 1. The number of alkyl halides is 3. The molecule has 0 aromatic heterocycles. The van der Waals surface area contributed by atoms with Crippen LogP contribution in [-0.4, -0.2) is 17.0 Å². The zero-order chi connectivity index (χ0) is 19.5. The molecule has 2 aromatic rings. The van der Waals surface area contributed by atoms with E-state index in [1.165, 1.54) is 43.3 Å². The summed E-state index contributed by atoms with van der Waals surface area (Å²) < 4.78 is 38.2. The second-order valence-corrected chi connectivity index (χ2v) is 5.84. The zero-order valence-corrected chi connectivity index (χ0v) is 14.2. The maximum absolute atomic E-state index is 12.7. The highest BCUT2D eigenvalue weighted by Gasteiger charge is 2.30. The minimum atomic E-state index is -4.49. The van der Waals surface area contributed by atoms with E-state index < -0.39 is 23.6 Å². The summed E-state index contributed by atoms with van der Waals surface area (Å²) in [5, 5.41) is 11.8. The van der Waals surface area contributed by atoms with Gasteiger partial charge in [-0.3, -0.25) is 4.79 Å². The number of benzene rings is 2. The smallest absolute Gasteiger partial charge is 0.416 e. The number of halogens is 4. The van der Waals surface area contributed by atoms with Gasteiger partial charge >= 0.3 is 12.1 Å². The lowest BCUT2D eigenvalue weighted by Gasteiger charge is -2.10. The molecule has 0 saturated heterocycles. The Bertz CT molecular complexity index is 891. The van der Waals surface area contributed by atoms with Gasteiger partial charge in [0.2, 0.25) is 0 Å². The molecule has 1 amide bonds. The third-order valence-electron chi connectivity index (χ3n) is 3.42. The molecular formula is C18H13ClF3NO3. The van der Waals surface area contributed by atoms with Crippen LogP contribution >= 0.6 is 11.6 Å². The van der Waals surface area contributed by atoms with Gasteiger partial charge in [0.1, 0.15) is 0 Å². The Hall–Kier alpha value is -2.80. The number of hydrogen-bond acceptors (Lipinski definition) is 2. The van der Waals surface area contributed by atoms with Crippen molar-refractivity contribution in [2.24, 2.45) is 0 Å². The van der Waals surface area contributed by atoms with Crippen molar-refractivity contribution in [3.05, 3.63) is 69.8 Å². The number of rotatable bonds is 4. The topological polar surface area (TPSA) is 66.4 Å². The van der Waals surface area contributed by atoms with Crippen molar-refractivity contribution in [3.63, 3.8) is 0 Å². The standard InChI is InChI=1S/C18H13ClF3NO3/c1-10(7-11-3-2-4-12(8-11)18(20,21)22)16(24)23-15-6-5-13(19)9-14(15)17(25)26/h2-9H,1H3,(H,23,24)(H,25,26). The summed E-state index contributed by atoms with van der Waals surface area (Å²) in [6.45, 7) is 1.41. The van der Waals surface area contributed by atoms with Gasteiger partial charge in [0.15, 0.2) is 0 Å². The van der Waals surface area contributed by atoms with Crippen molar-refractivity contribution in [3.8, 4) is 0 Å². The lowest BCUT2D eigenvalue weighted by atomic mass is 10.1. The van der Waals surface area contributed by atoms with E-state index in [2.05, 4.69) is 5.32 Å². The Morgan fingerprint density at radius 1 is 1.15 bits per heavy atom. The first kappa shape index (κ1) is 19.5. The Kier molecular flexibility index (Phi) is 5.72. The lowest BCUT2D eigenvalue weighted by molar-refractivity contribution is -0.137. The highest BCUT2D eigenvalue weighted by molar-refractivity contribution is 6.31. The maximum Gasteiger partial charge on any atom is 0.416 e. The zero-order valence-electron chi connectivity index (χ0n) is 13.4. The molecular weight excluding hydrogens is 371 g/mol. The number of carboxylic acids is 1. The molecule has 8 heteroatoms. The van der Waals surface area contributed by atoms with Gasteiger partial charge < -0.3 is 10.4 Å². The van der Waals surface area contributed by atoms with Gasteiger partial charge in [-0.2, -0.15) is 13.2 Å². The molecule has 0 fully saturated rings. The number of carboxylic acid groups (broad SMARTS) is 1. The fraction of sp³-hybridized carbons (Fsp3) is 0.111. The molecule has 26 heavy (non-hydrogen) atoms. The Balaban J connectivity index is 2.26. The molecule has 0 heterocycles. The summed E-state index contributed by atoms with van der Waals surface area (Å²) in [5.41, 5.74) is -0.690. The second kappa shape index (κ2) is 7.61. The van der Waals surface area contributed by atoms with Crippen molar-refractivity contribution in [1.29, 1.82) is 0 Å². The molecule has 0 atom stereocenters. The van der Waals surface area contributed by atoms with Crippen LogP contribution in [0, 0.1) is 0 Å². The van der Waals surface area contributed by atoms with Crippen molar-refractivity contribution in [1.82, 2.24) is 0 Å². The summed E-state index contributed by atoms with van der Waals surface area (Å²) in [6.07, 6.45) is -3.21. The Morgan fingerprint density at radius 2 is 1.85 bits per heavy atom. The molecule has 136 valence electrons. The van der Waals surface area contributed by atoms with Gasteiger partial charge in [0, 0.05) is 10.6 Å². The fourth-order valence-corrected chi connectivity index (χ4v) is 2.32. The van der Waals surface area contributed by atoms with Crippen LogP contribution in [0.1, 0.15) is 28.4 Å². The molecule has 0 spiro atoms. The van der Waals surface area contributed by atoms with Crippen molar-refractivity contribution in [2.75, 3.05) is 5.32 Å². The first-order valence-electron chi connectivity index (χ1n) is 7.27. The van der Waals surface area contributed by atoms with Crippen LogP contribution in [0.25, 0.3) is 6.08 Å². The summed E-state index contributed by atoms with van der Waals surface area (Å²) >= 11 is 5.74. The second-order valence-electron chi connectivity index (χ2n) is 5.40. The van der Waals surface area contributed by atoms with Gasteiger partial charge in [-0.15, -0.1) is 0 Å². The molecule has 0 unspecified atom stereocenters. The summed E-state index contributed by atoms with van der Waals surface area (Å²) in [7, 11) is 0. The van der Waals surface area contributed by atoms with Gasteiger partial charge in [-0.1, -0.05) is 23.7 Å². The fourth-order valence-electron chi connectivity index (χ4n) is 2.14. The van der Waals surface area contributed by atoms with Crippen molar-refractivity contribution < 1.29 is 27.9 Å². The van der Waals surface area contributed by atoms with Gasteiger partial charge in [0.05, 0.1) is 16.8 Å². The van der Waals surface area contributed by atoms with Crippen molar-refractivity contribution >= 4 is 35.2 Å². The molecule has 2 rings (SSSR count). The van der Waals surface area contributed by atoms with Gasteiger partial charge in [-0.25, -0.2) is 4.79 Å². The van der Waals surface area contributed by atoms with Crippen LogP contribution in [-0.2, 0) is 11.0 Å². The average molecular weight is 384 g/mol. The predicted octanol–water partition coefficient (Wildman–Crippen LogP) is 5.10. The Morgan fingerprint density at radius 3 is 2.46 bits per heavy atom. The highest BCUT2D eigenvalue weighted by atomic mass is 35.5. The predicted molar refractivity (Wildman–Crippen MR) is 92.1 cm³/mol. The summed E-state index contributed by atoms with van der Waals surface area (Å²) in [6, 6.07) is 8.45. The number of carbonyl (C=O) groups is 2. The van der Waals surface area contributed by atoms with Crippen LogP contribution in [0.4, 0.5) is 18.9 Å². The number of anilines is 1. The van der Waals surface area contributed by atoms with E-state index in [9.17, 15) is 22.8 Å². The number of hydrogen-bond donors (Lipinski definition) is 2. The van der Waals surface area contributed by atoms with E-state index in [1.807, 2.05) is 0 Å². The lowest BCUT2D eigenvalue weighted by Crippen LogP contribution is -2.15. The maximum atomic E-state index is 12.7. The monoisotopic (exact) mass is 383 g/mol. The molecule has 4 nitrogen and oxygen atoms in total. The van der Waals surface area contributed by atoms with Crippen LogP contribution < -0.4 is 5.32 Å². The average Bonchev–Trinajstić information content (AvgIpc) is 2.55. The summed E-state index contributed by atoms with van der Waals surface area (Å²) in [5.74, 6) is -1.92. The van der Waals surface area contributed by atoms with E-state index in [0.29, 0.717) is 0 Å². The number of carbonyl (C=O) groups excluding carboxylic acids is 1. The van der Waals surface area contributed by atoms with E-state index in [1.54, 1.807) is 0 Å². The minimum Gasteiger partial charge on any atom is -0.478 e. The number of nitrogens with one attached hydrogen (secondary N) is 1. The molecule has 2 aromatic carbocycles. The Labute approximate surface area is 151 Å². The normalized spacial score (nSPS) is 12.0. The van der Waals surface area contributed by atoms with E-state index in [-0.39, 0.29) is 27.4 Å². The molecule has 0 bridgehead atoms. The van der Waals surface area contributed by atoms with Gasteiger partial charge in [-0.05, 0) is 48.9 Å². The molecule has 0 saturated carbocycles. The first-order valence-corrected chi connectivity index (χ1v) is 7.65. The van der Waals surface area contributed by atoms with Crippen LogP contribution in [0.2, 0.25) is 5.02 Å². The van der Waals surface area contributed by atoms with E-state index in [4.69, 9.17) is 16.7 Å². The third kappa shape index (κ3) is 4.86. The number of aromatic carboxylic acids is 1. The molecule has 2 N–H and O–H groups in total. The SMILES string of the molecule is CC(=Cc1cccc(C(F)(F)F)c1)C(=O)Nc1ccc(Cl)cc1C(=O)O. The van der Waals surface area contributed by atoms with Crippen LogP contribution in [0.5, 0.6) is 0 Å². The first-order chi connectivity index (χ1) is 12.1. The van der Waals surface area contributed by atoms with Gasteiger partial charge in [0.25, 0.3) is 5.91 Å². The third-order valence-corrected chi connectivity index (χ3v) is 3.65. The molecule has 0 aliphatic heterocycles. The highest BCUT2D eigenvalue weighted by Crippen LogP contribution is 2.30. The van der Waals surface area contributed by atoms with Crippen molar-refractivity contribution in [2.45, 2.75) is 13.1 Å². The quantitative estimate of drug-likeness (QED) is 0.722. The molecule has 0 aliphatic rings. The molecule has 0 radical (unpaired) electrons. The minimum absolute atomic E-state index is 0.0312. The summed E-state index contributed by atoms with van der Waals surface area (Å²) in [4.78, 5) is 23.4. The van der Waals surface area contributed by atoms with E-state index in [0.717, 1.165) is 12.1 Å². The van der Waals surface area contributed by atoms with E-state index >= 15 is 0 Å². The van der Waals surface area contributed by atoms with Crippen LogP contribution in [0.3, 0.4) is 0 Å². The largest absolute Gasteiger partial charge is 0.478 e. The van der Waals surface area contributed by atoms with Crippen LogP contribution in [0.15, 0.2) is 48.0 Å². The molecule has 0 aliphatic carbocycles.